The van der Waals surface area contributed by atoms with Crippen LogP contribution in [0.2, 0.25) is 0 Å². The normalized spacial score (nSPS) is 21.4. The Kier molecular flexibility index (Phi) is 9.26. The third-order valence-electron chi connectivity index (χ3n) is 9.00. The number of hydrogen-bond donors (Lipinski definition) is 0. The SMILES string of the molecule is Cc1cc2cccnc2cc1-c1ccc([C@H](OCCCN2CCOCC2)C2CCN(C(=O)[C@H]3CCCO3)CC2)cc1. The summed E-state index contributed by atoms with van der Waals surface area (Å²) < 4.78 is 17.9. The fourth-order valence-corrected chi connectivity index (χ4v) is 6.62. The number of amides is 1. The van der Waals surface area contributed by atoms with Gasteiger partial charge in [-0.05, 0) is 85.4 Å². The number of rotatable bonds is 9. The molecular formula is C34H43N3O4. The number of carbonyl (C=O) groups excluding carboxylic acids is 1. The van der Waals surface area contributed by atoms with E-state index in [0.29, 0.717) is 12.5 Å². The van der Waals surface area contributed by atoms with E-state index in [-0.39, 0.29) is 18.1 Å². The molecule has 41 heavy (non-hydrogen) atoms. The minimum atomic E-state index is -0.236. The molecule has 218 valence electrons. The number of aromatic nitrogens is 1. The Balaban J connectivity index is 1.15. The van der Waals surface area contributed by atoms with Crippen molar-refractivity contribution in [1.82, 2.24) is 14.8 Å². The molecular weight excluding hydrogens is 514 g/mol. The van der Waals surface area contributed by atoms with E-state index in [9.17, 15) is 4.79 Å². The maximum Gasteiger partial charge on any atom is 0.251 e. The summed E-state index contributed by atoms with van der Waals surface area (Å²) in [6.07, 6.45) is 6.38. The lowest BCUT2D eigenvalue weighted by atomic mass is 9.86. The Hall–Kier alpha value is -2.84. The van der Waals surface area contributed by atoms with E-state index < -0.39 is 0 Å². The number of carbonyl (C=O) groups is 1. The summed E-state index contributed by atoms with van der Waals surface area (Å²) in [5.41, 5.74) is 5.90. The van der Waals surface area contributed by atoms with E-state index in [2.05, 4.69) is 59.3 Å². The summed E-state index contributed by atoms with van der Waals surface area (Å²) in [6, 6.07) is 17.5. The first-order chi connectivity index (χ1) is 20.2. The van der Waals surface area contributed by atoms with Crippen molar-refractivity contribution in [1.29, 1.82) is 0 Å². The summed E-state index contributed by atoms with van der Waals surface area (Å²) in [4.78, 5) is 22.0. The van der Waals surface area contributed by atoms with Gasteiger partial charge < -0.3 is 19.1 Å². The molecule has 1 aromatic heterocycles. The van der Waals surface area contributed by atoms with E-state index in [1.807, 2.05) is 17.2 Å². The van der Waals surface area contributed by atoms with Gasteiger partial charge in [-0.15, -0.1) is 0 Å². The van der Waals surface area contributed by atoms with Gasteiger partial charge in [0.05, 0.1) is 24.8 Å². The van der Waals surface area contributed by atoms with Crippen molar-refractivity contribution in [3.63, 3.8) is 0 Å². The van der Waals surface area contributed by atoms with Crippen LogP contribution in [-0.4, -0.2) is 85.9 Å². The fourth-order valence-electron chi connectivity index (χ4n) is 6.62. The Bertz CT molecular complexity index is 1290. The van der Waals surface area contributed by atoms with Gasteiger partial charge in [0, 0.05) is 57.5 Å². The minimum absolute atomic E-state index is 0.0214. The van der Waals surface area contributed by atoms with E-state index >= 15 is 0 Å². The fraction of sp³-hybridized carbons (Fsp3) is 0.529. The van der Waals surface area contributed by atoms with E-state index in [1.165, 1.54) is 27.6 Å². The van der Waals surface area contributed by atoms with E-state index in [0.717, 1.165) is 90.2 Å². The second-order valence-electron chi connectivity index (χ2n) is 11.7. The molecule has 2 atom stereocenters. The summed E-state index contributed by atoms with van der Waals surface area (Å²) >= 11 is 0. The van der Waals surface area contributed by atoms with Gasteiger partial charge in [-0.3, -0.25) is 14.7 Å². The van der Waals surface area contributed by atoms with Gasteiger partial charge in [-0.1, -0.05) is 30.3 Å². The highest BCUT2D eigenvalue weighted by Gasteiger charge is 2.34. The molecule has 0 spiro atoms. The van der Waals surface area contributed by atoms with Crippen molar-refractivity contribution in [3.05, 3.63) is 65.9 Å². The number of ether oxygens (including phenoxy) is 3. The van der Waals surface area contributed by atoms with Gasteiger partial charge >= 0.3 is 0 Å². The van der Waals surface area contributed by atoms with Gasteiger partial charge in [0.25, 0.3) is 5.91 Å². The molecule has 3 aliphatic rings. The number of piperidine rings is 1. The van der Waals surface area contributed by atoms with Crippen molar-refractivity contribution >= 4 is 16.8 Å². The average molecular weight is 558 g/mol. The average Bonchev–Trinajstić information content (AvgIpc) is 3.57. The van der Waals surface area contributed by atoms with Crippen LogP contribution in [0.4, 0.5) is 0 Å². The molecule has 3 saturated heterocycles. The molecule has 0 saturated carbocycles. The van der Waals surface area contributed by atoms with Crippen LogP contribution < -0.4 is 0 Å². The van der Waals surface area contributed by atoms with Gasteiger partial charge in [0.15, 0.2) is 0 Å². The zero-order chi connectivity index (χ0) is 28.0. The number of fused-ring (bicyclic) bond motifs is 1. The van der Waals surface area contributed by atoms with Crippen molar-refractivity contribution < 1.29 is 19.0 Å². The lowest BCUT2D eigenvalue weighted by Gasteiger charge is -2.37. The van der Waals surface area contributed by atoms with Crippen LogP contribution >= 0.6 is 0 Å². The molecule has 4 heterocycles. The molecule has 0 radical (unpaired) electrons. The molecule has 6 rings (SSSR count). The number of pyridine rings is 1. The number of morpholine rings is 1. The zero-order valence-corrected chi connectivity index (χ0v) is 24.3. The van der Waals surface area contributed by atoms with Crippen LogP contribution in [0.3, 0.4) is 0 Å². The molecule has 2 aromatic carbocycles. The Morgan fingerprint density at radius 1 is 1.02 bits per heavy atom. The third-order valence-corrected chi connectivity index (χ3v) is 9.00. The summed E-state index contributed by atoms with van der Waals surface area (Å²) in [7, 11) is 0. The molecule has 0 unspecified atom stereocenters. The number of benzene rings is 2. The van der Waals surface area contributed by atoms with Gasteiger partial charge in [0.2, 0.25) is 0 Å². The first-order valence-corrected chi connectivity index (χ1v) is 15.4. The number of aryl methyl sites for hydroxylation is 1. The monoisotopic (exact) mass is 557 g/mol. The highest BCUT2D eigenvalue weighted by atomic mass is 16.5. The van der Waals surface area contributed by atoms with Crippen LogP contribution in [-0.2, 0) is 19.0 Å². The predicted molar refractivity (Wildman–Crippen MR) is 161 cm³/mol. The van der Waals surface area contributed by atoms with Crippen LogP contribution in [0, 0.1) is 12.8 Å². The van der Waals surface area contributed by atoms with Crippen molar-refractivity contribution in [2.24, 2.45) is 5.92 Å². The van der Waals surface area contributed by atoms with E-state index in [4.69, 9.17) is 14.2 Å². The second kappa shape index (κ2) is 13.4. The highest BCUT2D eigenvalue weighted by molar-refractivity contribution is 5.86. The largest absolute Gasteiger partial charge is 0.379 e. The van der Waals surface area contributed by atoms with Crippen molar-refractivity contribution in [2.75, 3.05) is 59.2 Å². The Morgan fingerprint density at radius 2 is 1.83 bits per heavy atom. The molecule has 1 amide bonds. The quantitative estimate of drug-likeness (QED) is 0.328. The number of likely N-dealkylation sites (tertiary alicyclic amines) is 1. The van der Waals surface area contributed by atoms with Crippen LogP contribution in [0.25, 0.3) is 22.0 Å². The second-order valence-corrected chi connectivity index (χ2v) is 11.7. The Labute approximate surface area is 243 Å². The first-order valence-electron chi connectivity index (χ1n) is 15.4. The molecule has 0 aliphatic carbocycles. The Morgan fingerprint density at radius 3 is 2.59 bits per heavy atom. The van der Waals surface area contributed by atoms with Crippen LogP contribution in [0.1, 0.15) is 49.3 Å². The zero-order valence-electron chi connectivity index (χ0n) is 24.3. The standard InChI is InChI=1S/C34H43N3O4/c1-25-23-29-5-2-13-35-31(29)24-30(25)26-7-9-27(10-8-26)33(41-20-4-14-36-17-21-39-22-18-36)28-11-15-37(16-12-28)34(38)32-6-3-19-40-32/h2,5,7-10,13,23-24,28,32-33H,3-4,6,11-12,14-22H2,1H3/t32-,33+/m1/s1. The summed E-state index contributed by atoms with van der Waals surface area (Å²) in [5, 5.41) is 1.17. The minimum Gasteiger partial charge on any atom is -0.379 e. The number of nitrogens with zero attached hydrogens (tertiary/aromatic N) is 3. The topological polar surface area (TPSA) is 64.1 Å². The van der Waals surface area contributed by atoms with Gasteiger partial charge in [-0.25, -0.2) is 0 Å². The van der Waals surface area contributed by atoms with Crippen LogP contribution in [0.15, 0.2) is 54.7 Å². The van der Waals surface area contributed by atoms with Gasteiger partial charge in [0.1, 0.15) is 6.10 Å². The highest BCUT2D eigenvalue weighted by Crippen LogP contribution is 2.36. The summed E-state index contributed by atoms with van der Waals surface area (Å²) in [5.74, 6) is 0.554. The van der Waals surface area contributed by atoms with Gasteiger partial charge in [-0.2, -0.15) is 0 Å². The molecule has 7 nitrogen and oxygen atoms in total. The maximum atomic E-state index is 12.9. The maximum absolute atomic E-state index is 12.9. The van der Waals surface area contributed by atoms with Crippen molar-refractivity contribution in [3.8, 4) is 11.1 Å². The lowest BCUT2D eigenvalue weighted by molar-refractivity contribution is -0.143. The lowest BCUT2D eigenvalue weighted by Crippen LogP contribution is -2.44. The molecule has 3 aromatic rings. The molecule has 0 N–H and O–H groups in total. The summed E-state index contributed by atoms with van der Waals surface area (Å²) in [6.45, 7) is 9.86. The first kappa shape index (κ1) is 28.3. The van der Waals surface area contributed by atoms with Crippen molar-refractivity contribution in [2.45, 2.75) is 51.2 Å². The predicted octanol–water partition coefficient (Wildman–Crippen LogP) is 5.41. The number of hydrogen-bond acceptors (Lipinski definition) is 6. The van der Waals surface area contributed by atoms with E-state index in [1.54, 1.807) is 0 Å². The van der Waals surface area contributed by atoms with Crippen LogP contribution in [0.5, 0.6) is 0 Å². The molecule has 3 aliphatic heterocycles. The third kappa shape index (κ3) is 6.81. The smallest absolute Gasteiger partial charge is 0.251 e. The molecule has 0 bridgehead atoms. The molecule has 3 fully saturated rings. The molecule has 7 heteroatoms.